The normalized spacial score (nSPS) is 29.2. The molecule has 2 aliphatic rings. The number of hydrogen-bond acceptors (Lipinski definition) is 3. The lowest BCUT2D eigenvalue weighted by molar-refractivity contribution is 0.0350. The average molecular weight is 280 g/mol. The molecule has 2 atom stereocenters. The Balaban J connectivity index is 1.62. The standard InChI is InChI=1S/C15H22ClN3/c1-18-8-3-4-12-10-19(9-7-14(12)18)11-13-5-2-6-15(16)17-13/h2,5-6,12,14H,3-4,7-11H2,1H3. The molecule has 0 saturated carbocycles. The zero-order valence-electron chi connectivity index (χ0n) is 11.6. The van der Waals surface area contributed by atoms with E-state index in [9.17, 15) is 0 Å². The molecule has 1 aromatic heterocycles. The van der Waals surface area contributed by atoms with Gasteiger partial charge in [0.25, 0.3) is 0 Å². The number of likely N-dealkylation sites (tertiary alicyclic amines) is 2. The van der Waals surface area contributed by atoms with E-state index in [-0.39, 0.29) is 0 Å². The van der Waals surface area contributed by atoms with Crippen LogP contribution in [0.3, 0.4) is 0 Å². The Morgan fingerprint density at radius 1 is 1.32 bits per heavy atom. The van der Waals surface area contributed by atoms with Crippen LogP contribution in [0, 0.1) is 5.92 Å². The molecule has 1 aromatic rings. The predicted octanol–water partition coefficient (Wildman–Crippen LogP) is 2.65. The molecule has 0 amide bonds. The van der Waals surface area contributed by atoms with Crippen LogP contribution in [0.25, 0.3) is 0 Å². The van der Waals surface area contributed by atoms with Crippen LogP contribution >= 0.6 is 11.6 Å². The molecule has 19 heavy (non-hydrogen) atoms. The molecule has 2 fully saturated rings. The van der Waals surface area contributed by atoms with Crippen molar-refractivity contribution in [2.24, 2.45) is 5.92 Å². The van der Waals surface area contributed by atoms with Crippen molar-refractivity contribution in [2.45, 2.75) is 31.8 Å². The average Bonchev–Trinajstić information content (AvgIpc) is 2.39. The molecule has 4 heteroatoms. The van der Waals surface area contributed by atoms with E-state index < -0.39 is 0 Å². The monoisotopic (exact) mass is 279 g/mol. The maximum absolute atomic E-state index is 5.96. The maximum atomic E-state index is 5.96. The van der Waals surface area contributed by atoms with Gasteiger partial charge in [0, 0.05) is 25.7 Å². The lowest BCUT2D eigenvalue weighted by Crippen LogP contribution is -2.52. The minimum absolute atomic E-state index is 0.602. The second-order valence-electron chi connectivity index (χ2n) is 5.93. The second kappa shape index (κ2) is 5.78. The molecule has 0 N–H and O–H groups in total. The highest BCUT2D eigenvalue weighted by Crippen LogP contribution is 2.30. The zero-order chi connectivity index (χ0) is 13.2. The summed E-state index contributed by atoms with van der Waals surface area (Å²) >= 11 is 5.96. The number of piperidine rings is 2. The first-order valence-corrected chi connectivity index (χ1v) is 7.64. The van der Waals surface area contributed by atoms with E-state index in [2.05, 4.69) is 27.9 Å². The van der Waals surface area contributed by atoms with Crippen molar-refractivity contribution < 1.29 is 0 Å². The lowest BCUT2D eigenvalue weighted by atomic mass is 9.84. The number of rotatable bonds is 2. The maximum Gasteiger partial charge on any atom is 0.129 e. The number of fused-ring (bicyclic) bond motifs is 1. The van der Waals surface area contributed by atoms with Crippen LogP contribution in [-0.4, -0.2) is 47.5 Å². The van der Waals surface area contributed by atoms with E-state index in [1.807, 2.05) is 12.1 Å². The number of halogens is 1. The number of nitrogens with zero attached hydrogens (tertiary/aromatic N) is 3. The van der Waals surface area contributed by atoms with Gasteiger partial charge in [0.2, 0.25) is 0 Å². The van der Waals surface area contributed by atoms with Crippen molar-refractivity contribution in [3.63, 3.8) is 0 Å². The van der Waals surface area contributed by atoms with Crippen molar-refractivity contribution >= 4 is 11.6 Å². The van der Waals surface area contributed by atoms with Crippen LogP contribution in [0.1, 0.15) is 25.0 Å². The Bertz CT molecular complexity index is 437. The van der Waals surface area contributed by atoms with Crippen molar-refractivity contribution in [1.29, 1.82) is 0 Å². The summed E-state index contributed by atoms with van der Waals surface area (Å²) in [7, 11) is 2.28. The highest BCUT2D eigenvalue weighted by atomic mass is 35.5. The summed E-state index contributed by atoms with van der Waals surface area (Å²) in [6.45, 7) is 4.60. The van der Waals surface area contributed by atoms with Gasteiger partial charge in [0.1, 0.15) is 5.15 Å². The Morgan fingerprint density at radius 3 is 3.05 bits per heavy atom. The van der Waals surface area contributed by atoms with Gasteiger partial charge in [-0.25, -0.2) is 4.98 Å². The Labute approximate surface area is 120 Å². The molecule has 2 saturated heterocycles. The molecule has 2 unspecified atom stereocenters. The van der Waals surface area contributed by atoms with E-state index >= 15 is 0 Å². The highest BCUT2D eigenvalue weighted by molar-refractivity contribution is 6.29. The fraction of sp³-hybridized carbons (Fsp3) is 0.667. The fourth-order valence-corrected chi connectivity index (χ4v) is 3.82. The third kappa shape index (κ3) is 3.10. The summed E-state index contributed by atoms with van der Waals surface area (Å²) in [5.74, 6) is 0.840. The number of aromatic nitrogens is 1. The topological polar surface area (TPSA) is 19.4 Å². The van der Waals surface area contributed by atoms with Gasteiger partial charge in [0.05, 0.1) is 5.69 Å². The summed E-state index contributed by atoms with van der Waals surface area (Å²) in [6, 6.07) is 6.71. The summed E-state index contributed by atoms with van der Waals surface area (Å²) in [4.78, 5) is 9.50. The molecular weight excluding hydrogens is 258 g/mol. The summed E-state index contributed by atoms with van der Waals surface area (Å²) in [6.07, 6.45) is 4.02. The quantitative estimate of drug-likeness (QED) is 0.776. The van der Waals surface area contributed by atoms with Crippen molar-refractivity contribution in [3.8, 4) is 0 Å². The van der Waals surface area contributed by atoms with Crippen LogP contribution in [0.2, 0.25) is 5.15 Å². The van der Waals surface area contributed by atoms with E-state index in [1.165, 1.54) is 38.9 Å². The molecule has 0 aromatic carbocycles. The third-order valence-corrected chi connectivity index (χ3v) is 4.80. The lowest BCUT2D eigenvalue weighted by Gasteiger charge is -2.45. The van der Waals surface area contributed by atoms with Gasteiger partial charge >= 0.3 is 0 Å². The largest absolute Gasteiger partial charge is 0.303 e. The van der Waals surface area contributed by atoms with E-state index in [4.69, 9.17) is 11.6 Å². The van der Waals surface area contributed by atoms with Crippen LogP contribution in [-0.2, 0) is 6.54 Å². The zero-order valence-corrected chi connectivity index (χ0v) is 12.3. The van der Waals surface area contributed by atoms with Gasteiger partial charge in [-0.05, 0) is 50.9 Å². The molecular formula is C15H22ClN3. The summed E-state index contributed by atoms with van der Waals surface area (Å²) in [5, 5.41) is 0.602. The van der Waals surface area contributed by atoms with Gasteiger partial charge in [-0.15, -0.1) is 0 Å². The van der Waals surface area contributed by atoms with Crippen LogP contribution < -0.4 is 0 Å². The minimum atomic E-state index is 0.602. The molecule has 0 spiro atoms. The van der Waals surface area contributed by atoms with Gasteiger partial charge < -0.3 is 4.90 Å². The van der Waals surface area contributed by atoms with Crippen LogP contribution in [0.5, 0.6) is 0 Å². The first-order valence-electron chi connectivity index (χ1n) is 7.26. The van der Waals surface area contributed by atoms with Gasteiger partial charge in [-0.1, -0.05) is 17.7 Å². The second-order valence-corrected chi connectivity index (χ2v) is 6.31. The van der Waals surface area contributed by atoms with E-state index in [0.717, 1.165) is 24.2 Å². The SMILES string of the molecule is CN1CCCC2CN(Cc3cccc(Cl)n3)CCC21. The van der Waals surface area contributed by atoms with Gasteiger partial charge in [0.15, 0.2) is 0 Å². The molecule has 0 bridgehead atoms. The highest BCUT2D eigenvalue weighted by Gasteiger charge is 2.34. The molecule has 2 aliphatic heterocycles. The summed E-state index contributed by atoms with van der Waals surface area (Å²) < 4.78 is 0. The van der Waals surface area contributed by atoms with Crippen LogP contribution in [0.4, 0.5) is 0 Å². The Kier molecular flexibility index (Phi) is 4.06. The van der Waals surface area contributed by atoms with Crippen molar-refractivity contribution in [2.75, 3.05) is 26.7 Å². The fourth-order valence-electron chi connectivity index (χ4n) is 3.64. The van der Waals surface area contributed by atoms with E-state index in [0.29, 0.717) is 5.15 Å². The number of pyridine rings is 1. The first kappa shape index (κ1) is 13.3. The first-order chi connectivity index (χ1) is 9.22. The molecule has 0 aliphatic carbocycles. The smallest absolute Gasteiger partial charge is 0.129 e. The van der Waals surface area contributed by atoms with Gasteiger partial charge in [-0.2, -0.15) is 0 Å². The Hall–Kier alpha value is -0.640. The molecule has 3 nitrogen and oxygen atoms in total. The molecule has 3 rings (SSSR count). The molecule has 104 valence electrons. The van der Waals surface area contributed by atoms with Gasteiger partial charge in [-0.3, -0.25) is 4.90 Å². The minimum Gasteiger partial charge on any atom is -0.303 e. The predicted molar refractivity (Wildman–Crippen MR) is 78.3 cm³/mol. The summed E-state index contributed by atoms with van der Waals surface area (Å²) in [5.41, 5.74) is 1.09. The molecule has 3 heterocycles. The molecule has 0 radical (unpaired) electrons. The van der Waals surface area contributed by atoms with Crippen LogP contribution in [0.15, 0.2) is 18.2 Å². The Morgan fingerprint density at radius 2 is 2.21 bits per heavy atom. The van der Waals surface area contributed by atoms with E-state index in [1.54, 1.807) is 0 Å². The third-order valence-electron chi connectivity index (χ3n) is 4.59. The number of hydrogen-bond donors (Lipinski definition) is 0. The van der Waals surface area contributed by atoms with Crippen molar-refractivity contribution in [3.05, 3.63) is 29.0 Å². The van der Waals surface area contributed by atoms with Crippen molar-refractivity contribution in [1.82, 2.24) is 14.8 Å².